The van der Waals surface area contributed by atoms with Gasteiger partial charge >= 0.3 is 6.09 Å². The SMILES string of the molecule is COCCC(C)(O)CNC1=NCCN(C(=O)OC(C)(C)C)C1. The monoisotopic (exact) mass is 315 g/mol. The van der Waals surface area contributed by atoms with Crippen LogP contribution in [0.15, 0.2) is 4.99 Å². The van der Waals surface area contributed by atoms with Crippen LogP contribution in [0.3, 0.4) is 0 Å². The van der Waals surface area contributed by atoms with Gasteiger partial charge in [0, 0.05) is 33.2 Å². The summed E-state index contributed by atoms with van der Waals surface area (Å²) in [6.07, 6.45) is 0.187. The lowest BCUT2D eigenvalue weighted by molar-refractivity contribution is 0.0259. The fourth-order valence-electron chi connectivity index (χ4n) is 1.91. The number of carbonyl (C=O) groups is 1. The van der Waals surface area contributed by atoms with Crippen LogP contribution < -0.4 is 5.32 Å². The first-order chi connectivity index (χ1) is 10.1. The Balaban J connectivity index is 2.46. The molecule has 7 nitrogen and oxygen atoms in total. The number of nitrogens with one attached hydrogen (secondary N) is 1. The Hall–Kier alpha value is -1.34. The Morgan fingerprint density at radius 3 is 2.68 bits per heavy atom. The van der Waals surface area contributed by atoms with Gasteiger partial charge in [0.05, 0.1) is 18.7 Å². The molecule has 0 aromatic heterocycles. The molecule has 1 unspecified atom stereocenters. The first-order valence-electron chi connectivity index (χ1n) is 7.59. The zero-order valence-corrected chi connectivity index (χ0v) is 14.3. The van der Waals surface area contributed by atoms with E-state index < -0.39 is 11.2 Å². The van der Waals surface area contributed by atoms with Crippen LogP contribution in [0, 0.1) is 0 Å². The number of hydrogen-bond donors (Lipinski definition) is 2. The van der Waals surface area contributed by atoms with Crippen LogP contribution in [0.1, 0.15) is 34.1 Å². The largest absolute Gasteiger partial charge is 0.444 e. The maximum Gasteiger partial charge on any atom is 0.410 e. The molecule has 0 spiro atoms. The van der Waals surface area contributed by atoms with E-state index in [1.165, 1.54) is 0 Å². The van der Waals surface area contributed by atoms with Gasteiger partial charge in [0.1, 0.15) is 11.4 Å². The summed E-state index contributed by atoms with van der Waals surface area (Å²) in [5.74, 6) is 0.690. The summed E-state index contributed by atoms with van der Waals surface area (Å²) in [6, 6.07) is 0. The molecule has 2 N–H and O–H groups in total. The number of amidine groups is 1. The van der Waals surface area contributed by atoms with Gasteiger partial charge in [-0.2, -0.15) is 0 Å². The van der Waals surface area contributed by atoms with Crippen LogP contribution >= 0.6 is 0 Å². The zero-order valence-electron chi connectivity index (χ0n) is 14.3. The molecule has 128 valence electrons. The minimum Gasteiger partial charge on any atom is -0.444 e. The van der Waals surface area contributed by atoms with Crippen molar-refractivity contribution in [2.75, 3.05) is 39.9 Å². The minimum absolute atomic E-state index is 0.340. The lowest BCUT2D eigenvalue weighted by atomic mass is 10.0. The second-order valence-electron chi connectivity index (χ2n) is 6.82. The van der Waals surface area contributed by atoms with Crippen molar-refractivity contribution in [2.24, 2.45) is 4.99 Å². The van der Waals surface area contributed by atoms with Crippen LogP contribution in [0.5, 0.6) is 0 Å². The molecule has 1 heterocycles. The highest BCUT2D eigenvalue weighted by molar-refractivity contribution is 5.87. The van der Waals surface area contributed by atoms with Crippen molar-refractivity contribution < 1.29 is 19.4 Å². The summed E-state index contributed by atoms with van der Waals surface area (Å²) in [7, 11) is 1.60. The molecule has 0 fully saturated rings. The Kier molecular flexibility index (Phi) is 6.62. The molecule has 0 aromatic carbocycles. The molecule has 0 aromatic rings. The molecule has 0 saturated heterocycles. The maximum absolute atomic E-state index is 12.1. The van der Waals surface area contributed by atoms with Crippen molar-refractivity contribution in [3.05, 3.63) is 0 Å². The highest BCUT2D eigenvalue weighted by atomic mass is 16.6. The number of nitrogens with zero attached hydrogens (tertiary/aromatic N) is 2. The summed E-state index contributed by atoms with van der Waals surface area (Å²) >= 11 is 0. The van der Waals surface area contributed by atoms with E-state index in [4.69, 9.17) is 9.47 Å². The smallest absolute Gasteiger partial charge is 0.410 e. The Morgan fingerprint density at radius 1 is 1.41 bits per heavy atom. The summed E-state index contributed by atoms with van der Waals surface area (Å²) < 4.78 is 10.3. The zero-order chi connectivity index (χ0) is 16.8. The Bertz CT molecular complexity index is 402. The molecule has 0 aliphatic carbocycles. The van der Waals surface area contributed by atoms with Gasteiger partial charge in [0.25, 0.3) is 0 Å². The van der Waals surface area contributed by atoms with Crippen LogP contribution in [-0.4, -0.2) is 73.0 Å². The molecule has 22 heavy (non-hydrogen) atoms. The molecule has 0 radical (unpaired) electrons. The number of ether oxygens (including phenoxy) is 2. The number of hydrogen-bond acceptors (Lipinski definition) is 6. The highest BCUT2D eigenvalue weighted by Gasteiger charge is 2.26. The molecule has 0 bridgehead atoms. The number of rotatable bonds is 5. The molecule has 1 aliphatic rings. The number of aliphatic imine (C=N–C) groups is 1. The van der Waals surface area contributed by atoms with Crippen molar-refractivity contribution in [1.82, 2.24) is 10.2 Å². The maximum atomic E-state index is 12.1. The standard InChI is InChI=1S/C15H29N3O4/c1-14(2,3)22-13(19)18-8-7-16-12(10-18)17-11-15(4,20)6-9-21-5/h20H,6-11H2,1-5H3,(H,16,17). The van der Waals surface area contributed by atoms with Gasteiger partial charge in [0.15, 0.2) is 0 Å². The van der Waals surface area contributed by atoms with Crippen molar-refractivity contribution in [3.8, 4) is 0 Å². The van der Waals surface area contributed by atoms with E-state index in [-0.39, 0.29) is 6.09 Å². The van der Waals surface area contributed by atoms with E-state index in [1.54, 1.807) is 18.9 Å². The first kappa shape index (κ1) is 18.7. The fourth-order valence-corrected chi connectivity index (χ4v) is 1.91. The molecule has 1 aliphatic heterocycles. The highest BCUT2D eigenvalue weighted by Crippen LogP contribution is 2.12. The fraction of sp³-hybridized carbons (Fsp3) is 0.867. The van der Waals surface area contributed by atoms with Crippen LogP contribution in [0.25, 0.3) is 0 Å². The molecule has 7 heteroatoms. The third kappa shape index (κ3) is 7.09. The predicted octanol–water partition coefficient (Wildman–Crippen LogP) is 1.01. The van der Waals surface area contributed by atoms with Crippen LogP contribution in [-0.2, 0) is 9.47 Å². The van der Waals surface area contributed by atoms with Gasteiger partial charge in [-0.25, -0.2) is 4.79 Å². The molecule has 0 saturated carbocycles. The minimum atomic E-state index is -0.882. The lowest BCUT2D eigenvalue weighted by Crippen LogP contribution is -2.50. The number of amides is 1. The van der Waals surface area contributed by atoms with Crippen LogP contribution in [0.4, 0.5) is 4.79 Å². The molecule has 1 amide bonds. The van der Waals surface area contributed by atoms with Gasteiger partial charge in [-0.15, -0.1) is 0 Å². The average Bonchev–Trinajstić information content (AvgIpc) is 2.42. The molecular formula is C15H29N3O4. The molecule has 1 atom stereocenters. The number of carbonyl (C=O) groups excluding carboxylic acids is 1. The Labute approximate surface area is 132 Å². The molecular weight excluding hydrogens is 286 g/mol. The van der Waals surface area contributed by atoms with Gasteiger partial charge in [0.2, 0.25) is 0 Å². The van der Waals surface area contributed by atoms with Crippen molar-refractivity contribution in [2.45, 2.75) is 45.3 Å². The second kappa shape index (κ2) is 7.78. The molecule has 1 rings (SSSR count). The van der Waals surface area contributed by atoms with Gasteiger partial charge in [-0.05, 0) is 27.7 Å². The summed E-state index contributed by atoms with van der Waals surface area (Å²) in [6.45, 7) is 9.56. The normalized spacial score (nSPS) is 18.5. The van der Waals surface area contributed by atoms with Gasteiger partial charge in [-0.3, -0.25) is 9.89 Å². The summed E-state index contributed by atoms with van der Waals surface area (Å²) in [5.41, 5.74) is -1.39. The van der Waals surface area contributed by atoms with Gasteiger partial charge in [-0.1, -0.05) is 0 Å². The van der Waals surface area contributed by atoms with Crippen molar-refractivity contribution in [3.63, 3.8) is 0 Å². The topological polar surface area (TPSA) is 83.4 Å². The average molecular weight is 315 g/mol. The third-order valence-electron chi connectivity index (χ3n) is 3.18. The van der Waals surface area contributed by atoms with Crippen molar-refractivity contribution >= 4 is 11.9 Å². The summed E-state index contributed by atoms with van der Waals surface area (Å²) in [4.78, 5) is 18.0. The van der Waals surface area contributed by atoms with E-state index >= 15 is 0 Å². The number of aliphatic hydroxyl groups is 1. The van der Waals surface area contributed by atoms with E-state index in [0.29, 0.717) is 45.0 Å². The van der Waals surface area contributed by atoms with E-state index in [1.807, 2.05) is 20.8 Å². The Morgan fingerprint density at radius 2 is 2.09 bits per heavy atom. The summed E-state index contributed by atoms with van der Waals surface area (Å²) in [5, 5.41) is 13.3. The van der Waals surface area contributed by atoms with E-state index in [0.717, 1.165) is 0 Å². The van der Waals surface area contributed by atoms with Gasteiger partial charge < -0.3 is 19.9 Å². The third-order valence-corrected chi connectivity index (χ3v) is 3.18. The van der Waals surface area contributed by atoms with Crippen molar-refractivity contribution in [1.29, 1.82) is 0 Å². The van der Waals surface area contributed by atoms with E-state index in [9.17, 15) is 9.90 Å². The van der Waals surface area contributed by atoms with E-state index in [2.05, 4.69) is 10.3 Å². The van der Waals surface area contributed by atoms with Crippen LogP contribution in [0.2, 0.25) is 0 Å². The quantitative estimate of drug-likeness (QED) is 0.791. The second-order valence-corrected chi connectivity index (χ2v) is 6.82. The number of methoxy groups -OCH3 is 1. The lowest BCUT2D eigenvalue weighted by Gasteiger charge is -2.31. The predicted molar refractivity (Wildman–Crippen MR) is 85.2 cm³/mol. The first-order valence-corrected chi connectivity index (χ1v) is 7.59.